The van der Waals surface area contributed by atoms with E-state index in [1.54, 1.807) is 35.2 Å². The lowest BCUT2D eigenvalue weighted by molar-refractivity contribution is -0.157. The van der Waals surface area contributed by atoms with Crippen LogP contribution in [0.3, 0.4) is 0 Å². The number of likely N-dealkylation sites (tertiary alicyclic amines) is 1. The van der Waals surface area contributed by atoms with Crippen LogP contribution in [-0.4, -0.2) is 67.9 Å². The number of nitrogens with one attached hydrogen (secondary N) is 1. The molecule has 11 nitrogen and oxygen atoms in total. The molecule has 1 saturated carbocycles. The van der Waals surface area contributed by atoms with Crippen molar-refractivity contribution in [1.82, 2.24) is 19.8 Å². The average molecular weight is 736 g/mol. The first kappa shape index (κ1) is 38.5. The fourth-order valence-corrected chi connectivity index (χ4v) is 6.64. The number of ether oxygens (including phenoxy) is 2. The topological polar surface area (TPSA) is 149 Å². The fraction of sp³-hybridized carbons (Fsp3) is 0.500. The van der Waals surface area contributed by atoms with Crippen LogP contribution in [0, 0.1) is 5.92 Å². The summed E-state index contributed by atoms with van der Waals surface area (Å²) in [5.74, 6) is -4.67. The molecule has 1 aromatic heterocycles. The number of alkyl carbamates (subject to hydrolysis) is 1. The Kier molecular flexibility index (Phi) is 10.9. The van der Waals surface area contributed by atoms with Crippen LogP contribution in [0.4, 0.5) is 32.4 Å². The highest BCUT2D eigenvalue weighted by Gasteiger charge is 2.47. The van der Waals surface area contributed by atoms with Gasteiger partial charge >= 0.3 is 12.3 Å². The van der Waals surface area contributed by atoms with Gasteiger partial charge in [0, 0.05) is 37.8 Å². The van der Waals surface area contributed by atoms with Gasteiger partial charge in [-0.3, -0.25) is 14.2 Å². The van der Waals surface area contributed by atoms with Crippen molar-refractivity contribution in [3.05, 3.63) is 82.4 Å². The van der Waals surface area contributed by atoms with Gasteiger partial charge in [0.05, 0.1) is 12.1 Å². The van der Waals surface area contributed by atoms with Gasteiger partial charge in [0.15, 0.2) is 11.7 Å². The number of benzene rings is 2. The van der Waals surface area contributed by atoms with Crippen LogP contribution in [-0.2, 0) is 16.1 Å². The smallest absolute Gasteiger partial charge is 0.412 e. The maximum atomic E-state index is 14.4. The average Bonchev–Trinajstić information content (AvgIpc) is 3.06. The van der Waals surface area contributed by atoms with Crippen molar-refractivity contribution >= 4 is 17.7 Å². The third-order valence-electron chi connectivity index (χ3n) is 9.29. The molecule has 5 rings (SSSR count). The minimum Gasteiger partial charge on any atom is -0.444 e. The molecule has 2 heterocycles. The minimum atomic E-state index is -4.84. The van der Waals surface area contributed by atoms with Crippen molar-refractivity contribution in [3.8, 4) is 11.6 Å². The summed E-state index contributed by atoms with van der Waals surface area (Å²) in [6.45, 7) is 4.66. The highest BCUT2D eigenvalue weighted by atomic mass is 19.4. The Morgan fingerprint density at radius 2 is 1.67 bits per heavy atom. The molecular formula is C36H42F5N5O6. The standard InChI is InChI=1S/C36H42F5N5O6/c1-33(2,3)52-32(49)44-28(36(39,40)41)23-9-11-24(12-10-23)51-29-27(42)31(48)46(21-43-29)20-34(50)15-17-45(18-16-34)30(47)25-13-14-35(37,38)19-26(25)22-7-5-4-6-8-22/h4-12,21,25-26,28,50H,13-20,42H2,1-3H3,(H,44,49)/t25-,26+,28-/m1/s1. The molecule has 0 bridgehead atoms. The lowest BCUT2D eigenvalue weighted by Gasteiger charge is -2.42. The number of piperidine rings is 1. The molecule has 0 unspecified atom stereocenters. The van der Waals surface area contributed by atoms with Gasteiger partial charge in [-0.25, -0.2) is 18.6 Å². The zero-order valence-electron chi connectivity index (χ0n) is 29.0. The van der Waals surface area contributed by atoms with Crippen LogP contribution < -0.4 is 21.3 Å². The molecule has 2 fully saturated rings. The van der Waals surface area contributed by atoms with E-state index in [1.165, 1.54) is 32.9 Å². The highest BCUT2D eigenvalue weighted by molar-refractivity contribution is 5.80. The molecule has 0 radical (unpaired) electrons. The Morgan fingerprint density at radius 1 is 1.04 bits per heavy atom. The normalized spacial score (nSPS) is 20.8. The number of aromatic nitrogens is 2. The molecular weight excluding hydrogens is 693 g/mol. The molecule has 3 atom stereocenters. The molecule has 282 valence electrons. The molecule has 16 heteroatoms. The van der Waals surface area contributed by atoms with E-state index in [1.807, 2.05) is 5.32 Å². The number of anilines is 1. The summed E-state index contributed by atoms with van der Waals surface area (Å²) in [6, 6.07) is 11.0. The van der Waals surface area contributed by atoms with Crippen LogP contribution in [0.2, 0.25) is 0 Å². The summed E-state index contributed by atoms with van der Waals surface area (Å²) in [5.41, 5.74) is 2.84. The van der Waals surface area contributed by atoms with Gasteiger partial charge in [0.2, 0.25) is 17.7 Å². The number of nitrogens with two attached hydrogens (primary N) is 1. The SMILES string of the molecule is CC(C)(C)OC(=O)N[C@H](c1ccc(Oc2ncn(CC3(O)CCN(C(=O)[C@@H]4CCC(F)(F)C[C@H]4c4ccccc4)CC3)c(=O)c2N)cc1)C(F)(F)F. The van der Waals surface area contributed by atoms with Crippen molar-refractivity contribution in [1.29, 1.82) is 0 Å². The molecule has 1 saturated heterocycles. The first-order valence-corrected chi connectivity index (χ1v) is 16.9. The van der Waals surface area contributed by atoms with Crippen LogP contribution >= 0.6 is 0 Å². The van der Waals surface area contributed by atoms with Gasteiger partial charge in [0.25, 0.3) is 5.56 Å². The Balaban J connectivity index is 1.21. The zero-order chi connectivity index (χ0) is 38.1. The van der Waals surface area contributed by atoms with E-state index in [-0.39, 0.29) is 68.4 Å². The molecule has 2 aliphatic rings. The first-order chi connectivity index (χ1) is 24.2. The summed E-state index contributed by atoms with van der Waals surface area (Å²) in [6.07, 6.45) is -5.50. The summed E-state index contributed by atoms with van der Waals surface area (Å²) in [5, 5.41) is 13.2. The number of halogens is 5. The lowest BCUT2D eigenvalue weighted by Crippen LogP contribution is -2.52. The van der Waals surface area contributed by atoms with Crippen LogP contribution in [0.1, 0.15) is 76.0 Å². The summed E-state index contributed by atoms with van der Waals surface area (Å²) in [7, 11) is 0. The summed E-state index contributed by atoms with van der Waals surface area (Å²) >= 11 is 0. The molecule has 1 aliphatic carbocycles. The van der Waals surface area contributed by atoms with E-state index < -0.39 is 64.9 Å². The Bertz CT molecular complexity index is 1790. The fourth-order valence-electron chi connectivity index (χ4n) is 6.64. The third-order valence-corrected chi connectivity index (χ3v) is 9.29. The Hall–Kier alpha value is -4.73. The zero-order valence-corrected chi connectivity index (χ0v) is 29.0. The monoisotopic (exact) mass is 735 g/mol. The predicted molar refractivity (Wildman–Crippen MR) is 180 cm³/mol. The third kappa shape index (κ3) is 9.38. The van der Waals surface area contributed by atoms with E-state index in [0.717, 1.165) is 23.0 Å². The number of hydrogen-bond acceptors (Lipinski definition) is 8. The van der Waals surface area contributed by atoms with Crippen molar-refractivity contribution in [2.75, 3.05) is 18.8 Å². The first-order valence-electron chi connectivity index (χ1n) is 16.9. The van der Waals surface area contributed by atoms with Gasteiger partial charge in [-0.05, 0) is 63.3 Å². The van der Waals surface area contributed by atoms with E-state index in [2.05, 4.69) is 4.98 Å². The van der Waals surface area contributed by atoms with Crippen LogP contribution in [0.25, 0.3) is 0 Å². The van der Waals surface area contributed by atoms with Gasteiger partial charge in [-0.2, -0.15) is 13.2 Å². The molecule has 2 amide bonds. The van der Waals surface area contributed by atoms with Crippen molar-refractivity contribution in [2.45, 2.75) is 94.7 Å². The van der Waals surface area contributed by atoms with Crippen molar-refractivity contribution in [3.63, 3.8) is 0 Å². The quantitative estimate of drug-likeness (QED) is 0.228. The number of alkyl halides is 5. The van der Waals surface area contributed by atoms with Gasteiger partial charge in [0.1, 0.15) is 17.7 Å². The van der Waals surface area contributed by atoms with Crippen LogP contribution in [0.15, 0.2) is 65.7 Å². The maximum absolute atomic E-state index is 14.4. The summed E-state index contributed by atoms with van der Waals surface area (Å²) < 4.78 is 81.8. The highest BCUT2D eigenvalue weighted by Crippen LogP contribution is 2.46. The molecule has 1 aliphatic heterocycles. The number of carbonyl (C=O) groups excluding carboxylic acids is 2. The lowest BCUT2D eigenvalue weighted by atomic mass is 9.73. The second-order valence-corrected chi connectivity index (χ2v) is 14.5. The molecule has 3 aromatic rings. The van der Waals surface area contributed by atoms with Crippen LogP contribution in [0.5, 0.6) is 11.6 Å². The van der Waals surface area contributed by atoms with E-state index >= 15 is 0 Å². The number of hydrogen-bond donors (Lipinski definition) is 3. The van der Waals surface area contributed by atoms with Gasteiger partial charge in [-0.15, -0.1) is 0 Å². The van der Waals surface area contributed by atoms with Crippen molar-refractivity contribution < 1.29 is 46.1 Å². The molecule has 2 aromatic carbocycles. The molecule has 4 N–H and O–H groups in total. The van der Waals surface area contributed by atoms with E-state index in [9.17, 15) is 41.4 Å². The second kappa shape index (κ2) is 14.7. The maximum Gasteiger partial charge on any atom is 0.412 e. The van der Waals surface area contributed by atoms with Gasteiger partial charge < -0.3 is 30.5 Å². The predicted octanol–water partition coefficient (Wildman–Crippen LogP) is 6.32. The summed E-state index contributed by atoms with van der Waals surface area (Å²) in [4.78, 5) is 44.5. The van der Waals surface area contributed by atoms with E-state index in [0.29, 0.717) is 5.56 Å². The number of aliphatic hydroxyl groups is 1. The largest absolute Gasteiger partial charge is 0.444 e. The van der Waals surface area contributed by atoms with Gasteiger partial charge in [-0.1, -0.05) is 42.5 Å². The Morgan fingerprint density at radius 3 is 2.27 bits per heavy atom. The van der Waals surface area contributed by atoms with Crippen molar-refractivity contribution in [2.24, 2.45) is 5.92 Å². The number of nitrogen functional groups attached to an aromatic ring is 1. The molecule has 52 heavy (non-hydrogen) atoms. The minimum absolute atomic E-state index is 0.00477. The second-order valence-electron chi connectivity index (χ2n) is 14.5. The Labute approximate surface area is 296 Å². The molecule has 0 spiro atoms. The number of rotatable bonds is 8. The number of nitrogens with zero attached hydrogens (tertiary/aromatic N) is 3. The number of amides is 2. The number of carbonyl (C=O) groups is 2. The van der Waals surface area contributed by atoms with E-state index in [4.69, 9.17) is 15.2 Å².